The van der Waals surface area contributed by atoms with Crippen molar-refractivity contribution in [3.63, 3.8) is 0 Å². The maximum absolute atomic E-state index is 5.87. The van der Waals surface area contributed by atoms with Gasteiger partial charge in [0.2, 0.25) is 0 Å². The van der Waals surface area contributed by atoms with E-state index in [-0.39, 0.29) is 24.0 Å². The van der Waals surface area contributed by atoms with Crippen LogP contribution in [0.1, 0.15) is 36.8 Å². The molecule has 1 unspecified atom stereocenters. The van der Waals surface area contributed by atoms with Crippen LogP contribution >= 0.6 is 24.0 Å². The van der Waals surface area contributed by atoms with Gasteiger partial charge in [0, 0.05) is 37.3 Å². The lowest BCUT2D eigenvalue weighted by atomic mass is 10.1. The molecule has 0 bridgehead atoms. The molecule has 1 saturated carbocycles. The highest BCUT2D eigenvalue weighted by Gasteiger charge is 2.34. The summed E-state index contributed by atoms with van der Waals surface area (Å²) in [5, 5.41) is 7.11. The number of halogens is 1. The summed E-state index contributed by atoms with van der Waals surface area (Å²) < 4.78 is 11.6. The average molecular weight is 562 g/mol. The molecule has 2 N–H and O–H groups in total. The van der Waals surface area contributed by atoms with Crippen molar-refractivity contribution in [3.8, 4) is 11.5 Å². The van der Waals surface area contributed by atoms with E-state index >= 15 is 0 Å². The van der Waals surface area contributed by atoms with Crippen molar-refractivity contribution >= 4 is 35.6 Å². The molecule has 2 aromatic rings. The summed E-state index contributed by atoms with van der Waals surface area (Å²) in [5.41, 5.74) is 3.46. The molecule has 0 amide bonds. The van der Waals surface area contributed by atoms with Crippen LogP contribution in [0.25, 0.3) is 0 Å². The van der Waals surface area contributed by atoms with Crippen LogP contribution in [-0.4, -0.2) is 49.7 Å². The monoisotopic (exact) mass is 562 g/mol. The van der Waals surface area contributed by atoms with Gasteiger partial charge in [-0.1, -0.05) is 24.3 Å². The second-order valence-electron chi connectivity index (χ2n) is 9.19. The zero-order chi connectivity index (χ0) is 21.8. The molecule has 2 aromatic carbocycles. The van der Waals surface area contributed by atoms with Crippen LogP contribution in [0.3, 0.4) is 0 Å². The Hall–Kier alpha value is -2.00. The summed E-state index contributed by atoms with van der Waals surface area (Å²) in [6.07, 6.45) is 4.93. The van der Waals surface area contributed by atoms with Crippen molar-refractivity contribution in [2.45, 2.75) is 45.2 Å². The second-order valence-corrected chi connectivity index (χ2v) is 9.19. The molecule has 6 nitrogen and oxygen atoms in total. The Bertz CT molecular complexity index is 963. The van der Waals surface area contributed by atoms with E-state index in [1.807, 2.05) is 18.2 Å². The van der Waals surface area contributed by atoms with E-state index < -0.39 is 0 Å². The van der Waals surface area contributed by atoms with E-state index in [1.165, 1.54) is 43.5 Å². The molecule has 1 saturated heterocycles. The minimum absolute atomic E-state index is 0. The quantitative estimate of drug-likeness (QED) is 0.301. The molecular weight excluding hydrogens is 527 g/mol. The second kappa shape index (κ2) is 11.4. The van der Waals surface area contributed by atoms with Crippen molar-refractivity contribution in [2.24, 2.45) is 10.9 Å². The van der Waals surface area contributed by atoms with E-state index in [1.54, 1.807) is 0 Å². The van der Waals surface area contributed by atoms with Gasteiger partial charge in [-0.2, -0.15) is 0 Å². The lowest BCUT2D eigenvalue weighted by Crippen LogP contribution is -2.36. The molecule has 7 heteroatoms. The maximum Gasteiger partial charge on any atom is 0.196 e. The van der Waals surface area contributed by atoms with Gasteiger partial charge in [-0.15, -0.1) is 24.0 Å². The molecular formula is C26H35IN4O2. The zero-order valence-electron chi connectivity index (χ0n) is 19.4. The lowest BCUT2D eigenvalue weighted by Gasteiger charge is -2.18. The van der Waals surface area contributed by atoms with Gasteiger partial charge >= 0.3 is 0 Å². The number of nitrogens with one attached hydrogen (secondary N) is 2. The van der Waals surface area contributed by atoms with Gasteiger partial charge in [0.05, 0.1) is 19.8 Å². The number of aliphatic imine (C=N–C) groups is 1. The molecule has 0 radical (unpaired) electrons. The third-order valence-corrected chi connectivity index (χ3v) is 6.62. The van der Waals surface area contributed by atoms with Crippen molar-refractivity contribution in [2.75, 3.05) is 38.2 Å². The summed E-state index contributed by atoms with van der Waals surface area (Å²) >= 11 is 0. The summed E-state index contributed by atoms with van der Waals surface area (Å²) in [6.45, 7) is 7.54. The number of benzene rings is 2. The molecule has 2 aliphatic heterocycles. The Kier molecular flexibility index (Phi) is 8.35. The van der Waals surface area contributed by atoms with E-state index in [9.17, 15) is 0 Å². The predicted octanol–water partition coefficient (Wildman–Crippen LogP) is 4.82. The van der Waals surface area contributed by atoms with Gasteiger partial charge in [-0.05, 0) is 61.9 Å². The average Bonchev–Trinajstić information content (AvgIpc) is 3.59. The number of fused-ring (bicyclic) bond motifs is 1. The molecule has 1 aliphatic carbocycles. The molecule has 2 fully saturated rings. The van der Waals surface area contributed by atoms with Gasteiger partial charge in [0.15, 0.2) is 17.5 Å². The molecule has 1 atom stereocenters. The first-order valence-corrected chi connectivity index (χ1v) is 12.0. The van der Waals surface area contributed by atoms with Crippen LogP contribution < -0.4 is 20.1 Å². The third-order valence-electron chi connectivity index (χ3n) is 6.62. The Morgan fingerprint density at radius 3 is 2.70 bits per heavy atom. The van der Waals surface area contributed by atoms with Gasteiger partial charge < -0.3 is 25.0 Å². The van der Waals surface area contributed by atoms with Crippen molar-refractivity contribution in [1.82, 2.24) is 10.2 Å². The third kappa shape index (κ3) is 6.53. The number of ether oxygens (including phenoxy) is 2. The number of nitrogens with zero attached hydrogens (tertiary/aromatic N) is 2. The number of hydrogen-bond acceptors (Lipinski definition) is 4. The number of guanidine groups is 1. The fourth-order valence-corrected chi connectivity index (χ4v) is 4.51. The molecule has 3 aliphatic rings. The van der Waals surface area contributed by atoms with Crippen molar-refractivity contribution in [1.29, 1.82) is 0 Å². The highest BCUT2D eigenvalue weighted by molar-refractivity contribution is 14.0. The SMILES string of the molecule is Cc1ccccc1CN=C(NCC1CCN(C2CC2)C1)Nc1ccc2c(c1)OCCCO2.I. The van der Waals surface area contributed by atoms with Crippen LogP contribution in [0.15, 0.2) is 47.5 Å². The number of hydrogen-bond donors (Lipinski definition) is 2. The highest BCUT2D eigenvalue weighted by Crippen LogP contribution is 2.33. The normalized spacial score (nSPS) is 20.6. The Balaban J connectivity index is 0.00000259. The van der Waals surface area contributed by atoms with Gasteiger partial charge in [-0.3, -0.25) is 0 Å². The summed E-state index contributed by atoms with van der Waals surface area (Å²) in [5.74, 6) is 3.09. The number of likely N-dealkylation sites (tertiary alicyclic amines) is 1. The smallest absolute Gasteiger partial charge is 0.196 e. The highest BCUT2D eigenvalue weighted by atomic mass is 127. The molecule has 0 spiro atoms. The first-order valence-electron chi connectivity index (χ1n) is 12.0. The number of aryl methyl sites for hydroxylation is 1. The van der Waals surface area contributed by atoms with E-state index in [2.05, 4.69) is 46.7 Å². The summed E-state index contributed by atoms with van der Waals surface area (Å²) in [4.78, 5) is 7.58. The molecule has 33 heavy (non-hydrogen) atoms. The lowest BCUT2D eigenvalue weighted by molar-refractivity contribution is 0.297. The maximum atomic E-state index is 5.87. The standard InChI is InChI=1S/C26H34N4O2.HI/c1-19-5-2-3-6-21(19)17-28-26(27-16-20-11-12-30(18-20)23-8-9-23)29-22-7-10-24-25(15-22)32-14-4-13-31-24;/h2-3,5-7,10,15,20,23H,4,8-9,11-14,16-18H2,1H3,(H2,27,28,29);1H. The van der Waals surface area contributed by atoms with E-state index in [0.29, 0.717) is 25.7 Å². The molecule has 2 heterocycles. The summed E-state index contributed by atoms with van der Waals surface area (Å²) in [7, 11) is 0. The fourth-order valence-electron chi connectivity index (χ4n) is 4.51. The van der Waals surface area contributed by atoms with Crippen LogP contribution in [0, 0.1) is 12.8 Å². The van der Waals surface area contributed by atoms with Crippen LogP contribution in [0.4, 0.5) is 5.69 Å². The molecule has 0 aromatic heterocycles. The number of rotatable bonds is 6. The number of anilines is 1. The van der Waals surface area contributed by atoms with Crippen molar-refractivity contribution in [3.05, 3.63) is 53.6 Å². The van der Waals surface area contributed by atoms with E-state index in [0.717, 1.165) is 42.2 Å². The van der Waals surface area contributed by atoms with Crippen LogP contribution in [0.2, 0.25) is 0 Å². The minimum atomic E-state index is 0. The van der Waals surface area contributed by atoms with Gasteiger partial charge in [0.25, 0.3) is 0 Å². The van der Waals surface area contributed by atoms with Crippen LogP contribution in [0.5, 0.6) is 11.5 Å². The molecule has 178 valence electrons. The minimum Gasteiger partial charge on any atom is -0.490 e. The Morgan fingerprint density at radius 1 is 1.06 bits per heavy atom. The first kappa shape index (κ1) is 24.1. The molecule has 5 rings (SSSR count). The zero-order valence-corrected chi connectivity index (χ0v) is 21.7. The Labute approximate surface area is 214 Å². The van der Waals surface area contributed by atoms with Gasteiger partial charge in [-0.25, -0.2) is 4.99 Å². The Morgan fingerprint density at radius 2 is 1.88 bits per heavy atom. The van der Waals surface area contributed by atoms with E-state index in [4.69, 9.17) is 14.5 Å². The van der Waals surface area contributed by atoms with Gasteiger partial charge in [0.1, 0.15) is 0 Å². The summed E-state index contributed by atoms with van der Waals surface area (Å²) in [6, 6.07) is 15.3. The largest absolute Gasteiger partial charge is 0.490 e. The van der Waals surface area contributed by atoms with Crippen molar-refractivity contribution < 1.29 is 9.47 Å². The fraction of sp³-hybridized carbons (Fsp3) is 0.500. The van der Waals surface area contributed by atoms with Crippen LogP contribution in [-0.2, 0) is 6.54 Å². The first-order chi connectivity index (χ1) is 15.7. The topological polar surface area (TPSA) is 58.1 Å². The predicted molar refractivity (Wildman–Crippen MR) is 144 cm³/mol.